The van der Waals surface area contributed by atoms with Gasteiger partial charge in [0.25, 0.3) is 0 Å². The maximum atomic E-state index is 11.0. The predicted molar refractivity (Wildman–Crippen MR) is 60.9 cm³/mol. The molecule has 0 amide bonds. The lowest BCUT2D eigenvalue weighted by Crippen LogP contribution is -2.18. The highest BCUT2D eigenvalue weighted by atomic mass is 79.9. The van der Waals surface area contributed by atoms with Gasteiger partial charge < -0.3 is 9.47 Å². The number of ether oxygens (including phenoxy) is 2. The molecule has 0 N–H and O–H groups in total. The van der Waals surface area contributed by atoms with E-state index in [1.165, 1.54) is 7.11 Å². The molecule has 0 aliphatic carbocycles. The number of carbonyl (C=O) groups excluding carboxylic acids is 1. The Labute approximate surface area is 97.5 Å². The molecule has 1 aromatic carbocycles. The fourth-order valence-corrected chi connectivity index (χ4v) is 1.49. The summed E-state index contributed by atoms with van der Waals surface area (Å²) in [6, 6.07) is 7.52. The molecular formula is C11H13BrO3. The zero-order valence-corrected chi connectivity index (χ0v) is 10.3. The smallest absolute Gasteiger partial charge is 0.309 e. The summed E-state index contributed by atoms with van der Waals surface area (Å²) in [5, 5.41) is 0. The molecule has 82 valence electrons. The van der Waals surface area contributed by atoms with Crippen molar-refractivity contribution in [1.82, 2.24) is 0 Å². The average Bonchev–Trinajstić information content (AvgIpc) is 2.21. The van der Waals surface area contributed by atoms with E-state index in [0.717, 1.165) is 10.2 Å². The van der Waals surface area contributed by atoms with Gasteiger partial charge >= 0.3 is 5.97 Å². The molecule has 0 fully saturated rings. The molecule has 15 heavy (non-hydrogen) atoms. The fourth-order valence-electron chi connectivity index (χ4n) is 1.12. The molecular weight excluding hydrogens is 260 g/mol. The van der Waals surface area contributed by atoms with Gasteiger partial charge in [-0.05, 0) is 35.0 Å². The summed E-state index contributed by atoms with van der Waals surface area (Å²) in [6.07, 6.45) is 0.0498. The van der Waals surface area contributed by atoms with Gasteiger partial charge in [0.15, 0.2) is 0 Å². The number of para-hydroxylation sites is 1. The van der Waals surface area contributed by atoms with E-state index in [1.807, 2.05) is 31.2 Å². The molecule has 0 spiro atoms. The standard InChI is InChI=1S/C11H13BrO3/c1-8(7-11(13)14-2)15-10-6-4-3-5-9(10)12/h3-6,8H,7H2,1-2H3. The van der Waals surface area contributed by atoms with Gasteiger partial charge in [-0.1, -0.05) is 12.1 Å². The second kappa shape index (κ2) is 5.75. The summed E-state index contributed by atoms with van der Waals surface area (Å²) < 4.78 is 11.0. The number of benzene rings is 1. The highest BCUT2D eigenvalue weighted by Gasteiger charge is 2.11. The second-order valence-corrected chi connectivity index (χ2v) is 3.99. The van der Waals surface area contributed by atoms with Gasteiger partial charge in [-0.3, -0.25) is 4.79 Å². The summed E-state index contributed by atoms with van der Waals surface area (Å²) in [4.78, 5) is 11.0. The highest BCUT2D eigenvalue weighted by molar-refractivity contribution is 9.10. The van der Waals surface area contributed by atoms with Gasteiger partial charge in [0.05, 0.1) is 18.0 Å². The number of hydrogen-bond acceptors (Lipinski definition) is 3. The molecule has 0 radical (unpaired) electrons. The average molecular weight is 273 g/mol. The lowest BCUT2D eigenvalue weighted by Gasteiger charge is -2.14. The number of halogens is 1. The minimum atomic E-state index is -0.269. The van der Waals surface area contributed by atoms with Crippen molar-refractivity contribution in [3.63, 3.8) is 0 Å². The van der Waals surface area contributed by atoms with Crippen LogP contribution in [0.15, 0.2) is 28.7 Å². The molecule has 0 bridgehead atoms. The van der Waals surface area contributed by atoms with Crippen LogP contribution in [0.2, 0.25) is 0 Å². The third kappa shape index (κ3) is 3.91. The van der Waals surface area contributed by atoms with E-state index in [1.54, 1.807) is 0 Å². The van der Waals surface area contributed by atoms with Crippen LogP contribution in [0.5, 0.6) is 5.75 Å². The molecule has 1 unspecified atom stereocenters. The summed E-state index contributed by atoms with van der Waals surface area (Å²) in [7, 11) is 1.37. The Morgan fingerprint density at radius 1 is 1.47 bits per heavy atom. The summed E-state index contributed by atoms with van der Waals surface area (Å²) >= 11 is 3.37. The Balaban J connectivity index is 2.55. The van der Waals surface area contributed by atoms with Crippen LogP contribution in [0.4, 0.5) is 0 Å². The van der Waals surface area contributed by atoms with E-state index in [2.05, 4.69) is 20.7 Å². The molecule has 3 nitrogen and oxygen atoms in total. The number of esters is 1. The lowest BCUT2D eigenvalue weighted by atomic mass is 10.3. The monoisotopic (exact) mass is 272 g/mol. The zero-order chi connectivity index (χ0) is 11.3. The van der Waals surface area contributed by atoms with Crippen LogP contribution in [-0.2, 0) is 9.53 Å². The molecule has 0 aliphatic heterocycles. The van der Waals surface area contributed by atoms with Crippen LogP contribution in [0.25, 0.3) is 0 Å². The van der Waals surface area contributed by atoms with Crippen molar-refractivity contribution in [2.24, 2.45) is 0 Å². The minimum Gasteiger partial charge on any atom is -0.489 e. The topological polar surface area (TPSA) is 35.5 Å². The van der Waals surface area contributed by atoms with Crippen LogP contribution >= 0.6 is 15.9 Å². The van der Waals surface area contributed by atoms with Crippen LogP contribution in [-0.4, -0.2) is 19.2 Å². The van der Waals surface area contributed by atoms with Gasteiger partial charge in [-0.25, -0.2) is 0 Å². The van der Waals surface area contributed by atoms with Crippen LogP contribution in [0, 0.1) is 0 Å². The largest absolute Gasteiger partial charge is 0.489 e. The van der Waals surface area contributed by atoms with E-state index in [9.17, 15) is 4.79 Å². The Morgan fingerprint density at radius 2 is 2.13 bits per heavy atom. The Kier molecular flexibility index (Phi) is 4.62. The zero-order valence-electron chi connectivity index (χ0n) is 8.70. The van der Waals surface area contributed by atoms with Crippen LogP contribution < -0.4 is 4.74 Å². The SMILES string of the molecule is COC(=O)CC(C)Oc1ccccc1Br. The van der Waals surface area contributed by atoms with Gasteiger partial charge in [-0.2, -0.15) is 0 Å². The summed E-state index contributed by atoms with van der Waals surface area (Å²) in [6.45, 7) is 1.83. The summed E-state index contributed by atoms with van der Waals surface area (Å²) in [5.41, 5.74) is 0. The van der Waals surface area contributed by atoms with Crippen LogP contribution in [0.1, 0.15) is 13.3 Å². The van der Waals surface area contributed by atoms with E-state index in [-0.39, 0.29) is 18.5 Å². The van der Waals surface area contributed by atoms with Crippen molar-refractivity contribution in [3.8, 4) is 5.75 Å². The highest BCUT2D eigenvalue weighted by Crippen LogP contribution is 2.25. The van der Waals surface area contributed by atoms with Crippen molar-refractivity contribution < 1.29 is 14.3 Å². The van der Waals surface area contributed by atoms with Crippen molar-refractivity contribution >= 4 is 21.9 Å². The lowest BCUT2D eigenvalue weighted by molar-refractivity contribution is -0.142. The predicted octanol–water partition coefficient (Wildman–Crippen LogP) is 2.78. The Morgan fingerprint density at radius 3 is 2.73 bits per heavy atom. The third-order valence-electron chi connectivity index (χ3n) is 1.85. The van der Waals surface area contributed by atoms with Gasteiger partial charge in [0.2, 0.25) is 0 Å². The third-order valence-corrected chi connectivity index (χ3v) is 2.50. The van der Waals surface area contributed by atoms with E-state index in [0.29, 0.717) is 0 Å². The maximum absolute atomic E-state index is 11.0. The molecule has 1 atom stereocenters. The first-order valence-electron chi connectivity index (χ1n) is 4.61. The Hall–Kier alpha value is -1.03. The van der Waals surface area contributed by atoms with Gasteiger partial charge in [0, 0.05) is 0 Å². The molecule has 0 saturated carbocycles. The quantitative estimate of drug-likeness (QED) is 0.791. The normalized spacial score (nSPS) is 11.9. The van der Waals surface area contributed by atoms with E-state index < -0.39 is 0 Å². The van der Waals surface area contributed by atoms with Crippen molar-refractivity contribution in [1.29, 1.82) is 0 Å². The molecule has 0 aromatic heterocycles. The van der Waals surface area contributed by atoms with E-state index in [4.69, 9.17) is 4.74 Å². The van der Waals surface area contributed by atoms with Crippen molar-refractivity contribution in [2.75, 3.05) is 7.11 Å². The number of methoxy groups -OCH3 is 1. The summed E-state index contributed by atoms with van der Waals surface area (Å²) in [5.74, 6) is 0.462. The molecule has 0 aliphatic rings. The Bertz CT molecular complexity index is 338. The number of carbonyl (C=O) groups is 1. The maximum Gasteiger partial charge on any atom is 0.309 e. The first kappa shape index (κ1) is 12.0. The van der Waals surface area contributed by atoms with E-state index >= 15 is 0 Å². The molecule has 0 heterocycles. The molecule has 1 aromatic rings. The number of rotatable bonds is 4. The van der Waals surface area contributed by atoms with Crippen molar-refractivity contribution in [3.05, 3.63) is 28.7 Å². The first-order chi connectivity index (χ1) is 7.13. The van der Waals surface area contributed by atoms with Crippen LogP contribution in [0.3, 0.4) is 0 Å². The fraction of sp³-hybridized carbons (Fsp3) is 0.364. The molecule has 4 heteroatoms. The van der Waals surface area contributed by atoms with Gasteiger partial charge in [-0.15, -0.1) is 0 Å². The van der Waals surface area contributed by atoms with Gasteiger partial charge in [0.1, 0.15) is 11.9 Å². The second-order valence-electron chi connectivity index (χ2n) is 3.14. The van der Waals surface area contributed by atoms with Crippen molar-refractivity contribution in [2.45, 2.75) is 19.4 Å². The molecule has 1 rings (SSSR count). The molecule has 0 saturated heterocycles. The first-order valence-corrected chi connectivity index (χ1v) is 5.40. The number of hydrogen-bond donors (Lipinski definition) is 0. The minimum absolute atomic E-state index is 0.198.